The largest absolute Gasteiger partial charge is 0.507 e. The van der Waals surface area contributed by atoms with Crippen molar-refractivity contribution < 1.29 is 24.4 Å². The lowest BCUT2D eigenvalue weighted by molar-refractivity contribution is -0.481. The van der Waals surface area contributed by atoms with E-state index in [-0.39, 0.29) is 16.7 Å². The maximum Gasteiger partial charge on any atom is 0.234 e. The quantitative estimate of drug-likeness (QED) is 0.503. The van der Waals surface area contributed by atoms with Crippen molar-refractivity contribution in [2.45, 2.75) is 5.92 Å². The Morgan fingerprint density at radius 3 is 2.23 bits per heavy atom. The van der Waals surface area contributed by atoms with Crippen LogP contribution in [0.2, 0.25) is 0 Å². The zero-order chi connectivity index (χ0) is 18.8. The van der Waals surface area contributed by atoms with Crippen LogP contribution in [0.5, 0.6) is 5.75 Å². The van der Waals surface area contributed by atoms with Gasteiger partial charge in [0.2, 0.25) is 18.1 Å². The van der Waals surface area contributed by atoms with Gasteiger partial charge in [-0.2, -0.15) is 0 Å². The lowest BCUT2D eigenvalue weighted by atomic mass is 9.79. The molecule has 1 aliphatic rings. The van der Waals surface area contributed by atoms with Gasteiger partial charge in [0.25, 0.3) is 0 Å². The van der Waals surface area contributed by atoms with Gasteiger partial charge in [-0.25, -0.2) is 0 Å². The number of aliphatic hydroxyl groups excluding tert-OH is 1. The summed E-state index contributed by atoms with van der Waals surface area (Å²) in [6.07, 6.45) is 0. The van der Waals surface area contributed by atoms with Crippen molar-refractivity contribution in [1.82, 2.24) is 0 Å². The van der Waals surface area contributed by atoms with Crippen molar-refractivity contribution in [1.29, 1.82) is 0 Å². The normalized spacial score (nSPS) is 14.8. The molecule has 7 heteroatoms. The zero-order valence-electron chi connectivity index (χ0n) is 13.8. The molecule has 0 aromatic heterocycles. The molecule has 0 heterocycles. The second kappa shape index (κ2) is 6.79. The van der Waals surface area contributed by atoms with Crippen LogP contribution in [0.4, 0.5) is 0 Å². The Labute approximate surface area is 148 Å². The number of ketones is 2. The molecule has 7 nitrogen and oxygen atoms in total. The molecule has 3 rings (SSSR count). The van der Waals surface area contributed by atoms with Crippen molar-refractivity contribution in [3.63, 3.8) is 0 Å². The highest BCUT2D eigenvalue weighted by molar-refractivity contribution is 6.52. The van der Waals surface area contributed by atoms with Crippen LogP contribution in [0.3, 0.4) is 0 Å². The molecular formula is C19H15NO6. The lowest BCUT2D eigenvalue weighted by Gasteiger charge is -2.22. The summed E-state index contributed by atoms with van der Waals surface area (Å²) in [6.45, 7) is -0.632. The molecule has 0 saturated carbocycles. The number of fused-ring (bicyclic) bond motifs is 1. The van der Waals surface area contributed by atoms with Crippen LogP contribution in [-0.4, -0.2) is 35.3 Å². The average molecular weight is 353 g/mol. The molecule has 0 spiro atoms. The number of methoxy groups -OCH3 is 1. The summed E-state index contributed by atoms with van der Waals surface area (Å²) in [4.78, 5) is 35.6. The molecule has 0 radical (unpaired) electrons. The van der Waals surface area contributed by atoms with Gasteiger partial charge in [0, 0.05) is 16.1 Å². The number of carbonyl (C=O) groups excluding carboxylic acids is 2. The number of nitrogens with zero attached hydrogens (tertiary/aromatic N) is 1. The Morgan fingerprint density at radius 1 is 1.04 bits per heavy atom. The van der Waals surface area contributed by atoms with E-state index in [1.54, 1.807) is 36.4 Å². The first-order valence-corrected chi connectivity index (χ1v) is 7.81. The highest BCUT2D eigenvalue weighted by Crippen LogP contribution is 2.36. The second-order valence-electron chi connectivity index (χ2n) is 5.81. The van der Waals surface area contributed by atoms with Gasteiger partial charge in [-0.3, -0.25) is 19.7 Å². The Kier molecular flexibility index (Phi) is 4.53. The second-order valence-corrected chi connectivity index (χ2v) is 5.81. The van der Waals surface area contributed by atoms with E-state index >= 15 is 0 Å². The fourth-order valence-corrected chi connectivity index (χ4v) is 3.06. The Balaban J connectivity index is 2.17. The summed E-state index contributed by atoms with van der Waals surface area (Å²) in [5, 5.41) is 21.8. The van der Waals surface area contributed by atoms with Crippen molar-refractivity contribution in [2.75, 3.05) is 13.7 Å². The van der Waals surface area contributed by atoms with E-state index in [0.29, 0.717) is 11.3 Å². The maximum absolute atomic E-state index is 12.6. The van der Waals surface area contributed by atoms with Crippen LogP contribution in [0.25, 0.3) is 5.76 Å². The molecule has 26 heavy (non-hydrogen) atoms. The minimum Gasteiger partial charge on any atom is -0.507 e. The van der Waals surface area contributed by atoms with Crippen LogP contribution >= 0.6 is 0 Å². The lowest BCUT2D eigenvalue weighted by Crippen LogP contribution is -2.30. The number of ether oxygens (including phenoxy) is 1. The fourth-order valence-electron chi connectivity index (χ4n) is 3.06. The first-order valence-electron chi connectivity index (χ1n) is 7.81. The van der Waals surface area contributed by atoms with E-state index in [2.05, 4.69) is 0 Å². The van der Waals surface area contributed by atoms with Crippen molar-refractivity contribution in [3.05, 3.63) is 80.9 Å². The highest BCUT2D eigenvalue weighted by atomic mass is 16.6. The molecule has 0 amide bonds. The van der Waals surface area contributed by atoms with Gasteiger partial charge in [-0.05, 0) is 17.7 Å². The van der Waals surface area contributed by atoms with E-state index in [4.69, 9.17) is 4.74 Å². The summed E-state index contributed by atoms with van der Waals surface area (Å²) < 4.78 is 5.06. The number of Topliss-reactive ketones (excluding diaryl/α,β-unsaturated/α-hetero) is 2. The number of benzene rings is 2. The third-order valence-electron chi connectivity index (χ3n) is 4.33. The number of aliphatic hydroxyl groups is 1. The van der Waals surface area contributed by atoms with Gasteiger partial charge in [0.1, 0.15) is 11.5 Å². The summed E-state index contributed by atoms with van der Waals surface area (Å²) in [6, 6.07) is 12.5. The van der Waals surface area contributed by atoms with Crippen LogP contribution in [0.15, 0.2) is 54.1 Å². The summed E-state index contributed by atoms with van der Waals surface area (Å²) in [7, 11) is 1.48. The summed E-state index contributed by atoms with van der Waals surface area (Å²) >= 11 is 0. The van der Waals surface area contributed by atoms with E-state index in [0.717, 1.165) is 0 Å². The SMILES string of the molecule is COc1ccc(C(C[N+](=O)[O-])C2=C(O)c3ccccc3C(=O)C2=O)cc1. The molecule has 1 atom stereocenters. The molecule has 1 N–H and O–H groups in total. The van der Waals surface area contributed by atoms with Crippen molar-refractivity contribution in [3.8, 4) is 5.75 Å². The van der Waals surface area contributed by atoms with E-state index in [1.807, 2.05) is 0 Å². The minimum absolute atomic E-state index is 0.0910. The van der Waals surface area contributed by atoms with Gasteiger partial charge in [0.05, 0.1) is 18.6 Å². The number of carbonyl (C=O) groups is 2. The van der Waals surface area contributed by atoms with Gasteiger partial charge >= 0.3 is 0 Å². The predicted molar refractivity (Wildman–Crippen MR) is 92.9 cm³/mol. The molecule has 0 aliphatic heterocycles. The third kappa shape index (κ3) is 2.95. The average Bonchev–Trinajstić information content (AvgIpc) is 2.65. The smallest absolute Gasteiger partial charge is 0.234 e. The molecule has 0 bridgehead atoms. The topological polar surface area (TPSA) is 107 Å². The van der Waals surface area contributed by atoms with Crippen LogP contribution in [-0.2, 0) is 4.79 Å². The van der Waals surface area contributed by atoms with Crippen molar-refractivity contribution in [2.24, 2.45) is 0 Å². The Morgan fingerprint density at radius 2 is 1.65 bits per heavy atom. The Hall–Kier alpha value is -3.48. The number of rotatable bonds is 5. The Bertz CT molecular complexity index is 929. The number of nitro groups is 1. The predicted octanol–water partition coefficient (Wildman–Crippen LogP) is 2.79. The molecule has 0 fully saturated rings. The molecule has 2 aromatic carbocycles. The third-order valence-corrected chi connectivity index (χ3v) is 4.33. The molecule has 132 valence electrons. The summed E-state index contributed by atoms with van der Waals surface area (Å²) in [5.41, 5.74) is 0.474. The fraction of sp³-hybridized carbons (Fsp3) is 0.158. The molecular weight excluding hydrogens is 338 g/mol. The maximum atomic E-state index is 12.6. The molecule has 0 saturated heterocycles. The number of hydrogen-bond acceptors (Lipinski definition) is 6. The van der Waals surface area contributed by atoms with E-state index in [9.17, 15) is 24.8 Å². The van der Waals surface area contributed by atoms with Gasteiger partial charge in [-0.1, -0.05) is 36.4 Å². The molecule has 1 aliphatic carbocycles. The first-order chi connectivity index (χ1) is 12.4. The van der Waals surface area contributed by atoms with Gasteiger partial charge in [-0.15, -0.1) is 0 Å². The van der Waals surface area contributed by atoms with Crippen LogP contribution in [0, 0.1) is 10.1 Å². The standard InChI is InChI=1S/C19H15NO6/c1-26-12-8-6-11(7-9-12)15(10-20(24)25)16-17(21)13-4-2-3-5-14(13)18(22)19(16)23/h2-9,15,21H,10H2,1H3. The monoisotopic (exact) mass is 353 g/mol. The molecule has 2 aromatic rings. The van der Waals surface area contributed by atoms with Gasteiger partial charge in [0.15, 0.2) is 0 Å². The van der Waals surface area contributed by atoms with Crippen molar-refractivity contribution >= 4 is 17.3 Å². The van der Waals surface area contributed by atoms with Gasteiger partial charge < -0.3 is 9.84 Å². The minimum atomic E-state index is -1.05. The zero-order valence-corrected chi connectivity index (χ0v) is 13.8. The summed E-state index contributed by atoms with van der Waals surface area (Å²) in [5.74, 6) is -2.61. The molecule has 1 unspecified atom stereocenters. The van der Waals surface area contributed by atoms with Crippen LogP contribution < -0.4 is 4.74 Å². The van der Waals surface area contributed by atoms with E-state index in [1.165, 1.54) is 19.2 Å². The van der Waals surface area contributed by atoms with Crippen LogP contribution in [0.1, 0.15) is 27.4 Å². The van der Waals surface area contributed by atoms with E-state index < -0.39 is 34.7 Å². The number of hydrogen-bond donors (Lipinski definition) is 1. The first kappa shape index (κ1) is 17.3. The highest BCUT2D eigenvalue weighted by Gasteiger charge is 2.39.